The molecule has 10 heteroatoms. The van der Waals surface area contributed by atoms with Crippen molar-refractivity contribution in [2.45, 2.75) is 66.5 Å². The van der Waals surface area contributed by atoms with Crippen LogP contribution in [0, 0.1) is 22.7 Å². The molecular weight excluding hydrogens is 375 g/mol. The Labute approximate surface area is 170 Å². The summed E-state index contributed by atoms with van der Waals surface area (Å²) in [6.07, 6.45) is 0. The van der Waals surface area contributed by atoms with Gasteiger partial charge in [-0.3, -0.25) is 10.8 Å². The molecule has 0 heterocycles. The molecule has 0 rings (SSSR count). The van der Waals surface area contributed by atoms with Crippen LogP contribution in [0.2, 0.25) is 0 Å². The van der Waals surface area contributed by atoms with Crippen molar-refractivity contribution < 1.29 is 0 Å². The first-order valence-corrected chi connectivity index (χ1v) is 8.18. The number of nitrogens with one attached hydrogen (secondary N) is 2. The minimum Gasteiger partial charge on any atom is -0.386 e. The summed E-state index contributed by atoms with van der Waals surface area (Å²) in [5.41, 5.74) is 8.96. The highest BCUT2D eigenvalue weighted by Crippen LogP contribution is 2.15. The van der Waals surface area contributed by atoms with Crippen molar-refractivity contribution in [1.29, 1.82) is 10.8 Å². The van der Waals surface area contributed by atoms with Gasteiger partial charge in [0.05, 0.1) is 13.1 Å². The maximum Gasteiger partial charge on any atom is 0.132 e. The molecular formula is C16H38Cl2N8. The molecule has 0 atom stereocenters. The molecule has 0 amide bonds. The van der Waals surface area contributed by atoms with Gasteiger partial charge < -0.3 is 11.5 Å². The molecule has 0 aliphatic rings. The van der Waals surface area contributed by atoms with E-state index in [9.17, 15) is 0 Å². The van der Waals surface area contributed by atoms with Gasteiger partial charge in [0, 0.05) is 0 Å². The lowest BCUT2D eigenvalue weighted by Gasteiger charge is -2.20. The van der Waals surface area contributed by atoms with Crippen LogP contribution in [0.4, 0.5) is 0 Å². The summed E-state index contributed by atoms with van der Waals surface area (Å²) in [6.45, 7) is 17.0. The Morgan fingerprint density at radius 3 is 1.12 bits per heavy atom. The van der Waals surface area contributed by atoms with Crippen LogP contribution < -0.4 is 11.5 Å². The van der Waals surface area contributed by atoms with Crippen molar-refractivity contribution in [3.63, 3.8) is 0 Å². The summed E-state index contributed by atoms with van der Waals surface area (Å²) in [7, 11) is 0. The fraction of sp³-hybridized carbons (Fsp3) is 0.875. The second-order valence-corrected chi connectivity index (χ2v) is 7.58. The van der Waals surface area contributed by atoms with E-state index in [0.29, 0.717) is 11.8 Å². The molecule has 156 valence electrons. The molecule has 0 aromatic heterocycles. The summed E-state index contributed by atoms with van der Waals surface area (Å²) in [5, 5.41) is 30.4. The largest absolute Gasteiger partial charge is 0.386 e. The van der Waals surface area contributed by atoms with Crippen LogP contribution in [0.5, 0.6) is 0 Å². The number of hydrogen-bond donors (Lipinski definition) is 4. The van der Waals surface area contributed by atoms with Crippen LogP contribution in [0.25, 0.3) is 0 Å². The molecule has 0 aliphatic carbocycles. The molecule has 26 heavy (non-hydrogen) atoms. The molecule has 0 spiro atoms. The minimum absolute atomic E-state index is 0. The summed E-state index contributed by atoms with van der Waals surface area (Å²) >= 11 is 0. The van der Waals surface area contributed by atoms with Gasteiger partial charge in [0.25, 0.3) is 0 Å². The van der Waals surface area contributed by atoms with Gasteiger partial charge in [0.2, 0.25) is 0 Å². The molecule has 0 bridgehead atoms. The van der Waals surface area contributed by atoms with Crippen LogP contribution in [0.3, 0.4) is 0 Å². The zero-order valence-corrected chi connectivity index (χ0v) is 19.0. The SMILES string of the molecule is CC(C)(N=NC(C)(C)C(=N)N)C(=N)N.CC(C)CN=NCC(C)C.Cl.Cl. The Kier molecular flexibility index (Phi) is 18.5. The molecule has 0 saturated carbocycles. The van der Waals surface area contributed by atoms with Crippen LogP contribution in [-0.2, 0) is 0 Å². The average Bonchev–Trinajstić information content (AvgIpc) is 2.41. The van der Waals surface area contributed by atoms with Gasteiger partial charge in [-0.05, 0) is 39.5 Å². The highest BCUT2D eigenvalue weighted by atomic mass is 35.5. The second kappa shape index (κ2) is 14.8. The number of rotatable bonds is 8. The Hall–Kier alpha value is -1.28. The van der Waals surface area contributed by atoms with Crippen molar-refractivity contribution in [3.8, 4) is 0 Å². The van der Waals surface area contributed by atoms with Gasteiger partial charge in [-0.1, -0.05) is 27.7 Å². The third-order valence-electron chi connectivity index (χ3n) is 2.86. The maximum atomic E-state index is 7.25. The fourth-order valence-electron chi connectivity index (χ4n) is 0.800. The predicted molar refractivity (Wildman–Crippen MR) is 116 cm³/mol. The van der Waals surface area contributed by atoms with Crippen molar-refractivity contribution >= 4 is 36.5 Å². The lowest BCUT2D eigenvalue weighted by atomic mass is 10.1. The molecule has 0 unspecified atom stereocenters. The third-order valence-corrected chi connectivity index (χ3v) is 2.86. The summed E-state index contributed by atoms with van der Waals surface area (Å²) < 4.78 is 0. The molecule has 0 saturated heterocycles. The van der Waals surface area contributed by atoms with E-state index in [4.69, 9.17) is 22.3 Å². The average molecular weight is 413 g/mol. The van der Waals surface area contributed by atoms with Crippen LogP contribution in [-0.4, -0.2) is 35.8 Å². The van der Waals surface area contributed by atoms with Crippen molar-refractivity contribution in [1.82, 2.24) is 0 Å². The van der Waals surface area contributed by atoms with Crippen molar-refractivity contribution in [2.75, 3.05) is 13.1 Å². The van der Waals surface area contributed by atoms with E-state index in [-0.39, 0.29) is 36.5 Å². The summed E-state index contributed by atoms with van der Waals surface area (Å²) in [5.74, 6) is 1.13. The van der Waals surface area contributed by atoms with Crippen molar-refractivity contribution in [2.24, 2.45) is 43.8 Å². The molecule has 0 fully saturated rings. The highest BCUT2D eigenvalue weighted by Gasteiger charge is 2.25. The Morgan fingerprint density at radius 2 is 0.962 bits per heavy atom. The van der Waals surface area contributed by atoms with E-state index in [1.54, 1.807) is 27.7 Å². The smallest absolute Gasteiger partial charge is 0.132 e. The monoisotopic (exact) mass is 412 g/mol. The van der Waals surface area contributed by atoms with E-state index >= 15 is 0 Å². The molecule has 0 aliphatic heterocycles. The first-order chi connectivity index (χ1) is 10.7. The number of halogens is 2. The Morgan fingerprint density at radius 1 is 0.731 bits per heavy atom. The van der Waals surface area contributed by atoms with E-state index in [1.807, 2.05) is 0 Å². The van der Waals surface area contributed by atoms with Gasteiger partial charge in [0.1, 0.15) is 22.7 Å². The minimum atomic E-state index is -0.841. The van der Waals surface area contributed by atoms with E-state index in [0.717, 1.165) is 13.1 Å². The Bertz CT molecular complexity index is 417. The van der Waals surface area contributed by atoms with E-state index in [2.05, 4.69) is 48.2 Å². The molecule has 0 aromatic rings. The topological polar surface area (TPSA) is 149 Å². The zero-order chi connectivity index (χ0) is 19.6. The third kappa shape index (κ3) is 17.5. The maximum absolute atomic E-state index is 7.25. The first-order valence-electron chi connectivity index (χ1n) is 8.18. The molecule has 6 N–H and O–H groups in total. The molecule has 0 radical (unpaired) electrons. The zero-order valence-electron chi connectivity index (χ0n) is 17.3. The first kappa shape index (κ1) is 32.4. The van der Waals surface area contributed by atoms with Crippen molar-refractivity contribution in [3.05, 3.63) is 0 Å². The standard InChI is InChI=1S/C8H18N6.C8H18N2.2ClH/c1-7(2,5(9)10)13-14-8(3,4)6(11)12;1-7(2)5-9-10-6-8(3)4;;/h1-4H3,(H3,9,10)(H3,11,12);7-8H,5-6H2,1-4H3;2*1H. The fourth-order valence-corrected chi connectivity index (χ4v) is 0.800. The molecule has 0 aromatic carbocycles. The van der Waals surface area contributed by atoms with E-state index < -0.39 is 11.1 Å². The number of azo groups is 2. The highest BCUT2D eigenvalue weighted by molar-refractivity contribution is 5.87. The van der Waals surface area contributed by atoms with E-state index in [1.165, 1.54) is 0 Å². The number of nitrogens with two attached hydrogens (primary N) is 2. The van der Waals surface area contributed by atoms with Crippen LogP contribution >= 0.6 is 24.8 Å². The second-order valence-electron chi connectivity index (χ2n) is 7.58. The van der Waals surface area contributed by atoms with Gasteiger partial charge >= 0.3 is 0 Å². The Balaban J connectivity index is -0.000000181. The van der Waals surface area contributed by atoms with Crippen LogP contribution in [0.15, 0.2) is 20.5 Å². The quantitative estimate of drug-likeness (QED) is 0.264. The summed E-state index contributed by atoms with van der Waals surface area (Å²) in [6, 6.07) is 0. The predicted octanol–water partition coefficient (Wildman–Crippen LogP) is 4.46. The normalized spacial score (nSPS) is 11.8. The lowest BCUT2D eigenvalue weighted by Crippen LogP contribution is -2.38. The lowest BCUT2D eigenvalue weighted by molar-refractivity contribution is 0.557. The summed E-state index contributed by atoms with van der Waals surface area (Å²) in [4.78, 5) is 0. The number of nitrogens with zero attached hydrogens (tertiary/aromatic N) is 4. The number of amidine groups is 2. The van der Waals surface area contributed by atoms with Crippen LogP contribution in [0.1, 0.15) is 55.4 Å². The number of hydrogen-bond acceptors (Lipinski definition) is 6. The van der Waals surface area contributed by atoms with Gasteiger partial charge in [-0.25, -0.2) is 0 Å². The van der Waals surface area contributed by atoms with Gasteiger partial charge in [-0.15, -0.1) is 24.8 Å². The molecule has 8 nitrogen and oxygen atoms in total. The van der Waals surface area contributed by atoms with Gasteiger partial charge in [0.15, 0.2) is 0 Å². The van der Waals surface area contributed by atoms with Gasteiger partial charge in [-0.2, -0.15) is 20.5 Å².